The third-order valence-electron chi connectivity index (χ3n) is 3.96. The molecule has 1 aliphatic carbocycles. The van der Waals surface area contributed by atoms with Crippen LogP contribution in [0.5, 0.6) is 0 Å². The normalized spacial score (nSPS) is 18.5. The molecule has 3 N–H and O–H groups in total. The van der Waals surface area contributed by atoms with Crippen LogP contribution in [0.3, 0.4) is 0 Å². The molecular weight excluding hydrogens is 240 g/mol. The maximum absolute atomic E-state index is 11.9. The first-order valence-electron chi connectivity index (χ1n) is 7.69. The zero-order valence-corrected chi connectivity index (χ0v) is 12.5. The lowest BCUT2D eigenvalue weighted by Gasteiger charge is -2.26. The van der Waals surface area contributed by atoms with Crippen LogP contribution in [0.4, 0.5) is 4.79 Å². The van der Waals surface area contributed by atoms with Gasteiger partial charge in [-0.3, -0.25) is 0 Å². The lowest BCUT2D eigenvalue weighted by Crippen LogP contribution is -2.45. The first-order chi connectivity index (χ1) is 9.03. The summed E-state index contributed by atoms with van der Waals surface area (Å²) in [6.07, 6.45) is 9.29. The Labute approximate surface area is 117 Å². The van der Waals surface area contributed by atoms with E-state index in [-0.39, 0.29) is 18.1 Å². The highest BCUT2D eigenvalue weighted by Gasteiger charge is 2.19. The number of rotatable bonds is 5. The second kappa shape index (κ2) is 8.41. The molecule has 0 aromatic rings. The molecule has 1 fully saturated rings. The zero-order chi connectivity index (χ0) is 14.1. The molecular formula is C15H30N2O2. The predicted octanol–water partition coefficient (Wildman–Crippen LogP) is 2.81. The van der Waals surface area contributed by atoms with E-state index in [0.29, 0.717) is 19.0 Å². The van der Waals surface area contributed by atoms with E-state index in [4.69, 9.17) is 5.11 Å². The van der Waals surface area contributed by atoms with Crippen molar-refractivity contribution in [2.45, 2.75) is 71.3 Å². The molecule has 112 valence electrons. The molecule has 1 aliphatic rings. The highest BCUT2D eigenvalue weighted by molar-refractivity contribution is 5.74. The van der Waals surface area contributed by atoms with Crippen LogP contribution in [-0.4, -0.2) is 30.3 Å². The van der Waals surface area contributed by atoms with Gasteiger partial charge in [-0.1, -0.05) is 46.0 Å². The summed E-state index contributed by atoms with van der Waals surface area (Å²) in [5.41, 5.74) is -0.0486. The fraction of sp³-hybridized carbons (Fsp3) is 0.933. The van der Waals surface area contributed by atoms with Gasteiger partial charge in [0.1, 0.15) is 0 Å². The number of aliphatic hydroxyl groups excluding tert-OH is 1. The van der Waals surface area contributed by atoms with Gasteiger partial charge in [-0.2, -0.15) is 0 Å². The van der Waals surface area contributed by atoms with Gasteiger partial charge in [0.2, 0.25) is 0 Å². The van der Waals surface area contributed by atoms with Gasteiger partial charge in [-0.05, 0) is 24.7 Å². The molecule has 0 bridgehead atoms. The minimum absolute atomic E-state index is 0.0486. The van der Waals surface area contributed by atoms with Crippen LogP contribution >= 0.6 is 0 Å². The van der Waals surface area contributed by atoms with Crippen molar-refractivity contribution in [2.75, 3.05) is 13.2 Å². The Morgan fingerprint density at radius 1 is 1.16 bits per heavy atom. The predicted molar refractivity (Wildman–Crippen MR) is 78.1 cm³/mol. The van der Waals surface area contributed by atoms with E-state index in [1.165, 1.54) is 32.1 Å². The summed E-state index contributed by atoms with van der Waals surface area (Å²) in [6.45, 7) is 4.88. The Kier molecular flexibility index (Phi) is 7.21. The van der Waals surface area contributed by atoms with Crippen LogP contribution < -0.4 is 10.6 Å². The van der Waals surface area contributed by atoms with Crippen LogP contribution in [0.15, 0.2) is 0 Å². The SMILES string of the molecule is CC(C)(CCO)CNC(=O)NC1CCCCCCC1. The Hall–Kier alpha value is -0.770. The Morgan fingerprint density at radius 2 is 1.74 bits per heavy atom. The van der Waals surface area contributed by atoms with Crippen molar-refractivity contribution < 1.29 is 9.90 Å². The average molecular weight is 270 g/mol. The zero-order valence-electron chi connectivity index (χ0n) is 12.5. The standard InChI is InChI=1S/C15H30N2O2/c1-15(2,10-11-18)12-16-14(19)17-13-8-6-4-3-5-7-9-13/h13,18H,3-12H2,1-2H3,(H2,16,17,19). The van der Waals surface area contributed by atoms with Crippen molar-refractivity contribution in [3.8, 4) is 0 Å². The van der Waals surface area contributed by atoms with Gasteiger partial charge in [0.05, 0.1) is 0 Å². The fourth-order valence-corrected chi connectivity index (χ4v) is 2.55. The minimum atomic E-state index is -0.0587. The molecule has 0 aromatic carbocycles. The monoisotopic (exact) mass is 270 g/mol. The number of hydrogen-bond donors (Lipinski definition) is 3. The molecule has 0 atom stereocenters. The molecule has 0 saturated heterocycles. The summed E-state index contributed by atoms with van der Waals surface area (Å²) in [6, 6.07) is 0.276. The third-order valence-corrected chi connectivity index (χ3v) is 3.96. The molecule has 0 radical (unpaired) electrons. The number of aliphatic hydroxyl groups is 1. The first-order valence-corrected chi connectivity index (χ1v) is 7.69. The Morgan fingerprint density at radius 3 is 2.32 bits per heavy atom. The van der Waals surface area contributed by atoms with Crippen molar-refractivity contribution in [1.29, 1.82) is 0 Å². The van der Waals surface area contributed by atoms with Gasteiger partial charge < -0.3 is 15.7 Å². The van der Waals surface area contributed by atoms with Gasteiger partial charge in [0.25, 0.3) is 0 Å². The maximum atomic E-state index is 11.9. The summed E-state index contributed by atoms with van der Waals surface area (Å²) in [4.78, 5) is 11.9. The number of carbonyl (C=O) groups excluding carboxylic acids is 1. The molecule has 0 aliphatic heterocycles. The quantitative estimate of drug-likeness (QED) is 0.719. The molecule has 0 heterocycles. The first kappa shape index (κ1) is 16.3. The highest BCUT2D eigenvalue weighted by atomic mass is 16.3. The van der Waals surface area contributed by atoms with E-state index in [2.05, 4.69) is 24.5 Å². The fourth-order valence-electron chi connectivity index (χ4n) is 2.55. The third kappa shape index (κ3) is 7.41. The van der Waals surface area contributed by atoms with Crippen molar-refractivity contribution in [1.82, 2.24) is 10.6 Å². The summed E-state index contributed by atoms with van der Waals surface area (Å²) in [7, 11) is 0. The second-order valence-electron chi connectivity index (χ2n) is 6.51. The Balaban J connectivity index is 2.25. The van der Waals surface area contributed by atoms with E-state index in [1.54, 1.807) is 0 Å². The van der Waals surface area contributed by atoms with Crippen molar-refractivity contribution in [3.63, 3.8) is 0 Å². The van der Waals surface area contributed by atoms with Crippen LogP contribution in [0.2, 0.25) is 0 Å². The van der Waals surface area contributed by atoms with Crippen LogP contribution in [0, 0.1) is 5.41 Å². The summed E-state index contributed by atoms with van der Waals surface area (Å²) < 4.78 is 0. The summed E-state index contributed by atoms with van der Waals surface area (Å²) >= 11 is 0. The van der Waals surface area contributed by atoms with Gasteiger partial charge in [-0.15, -0.1) is 0 Å². The molecule has 0 unspecified atom stereocenters. The van der Waals surface area contributed by atoms with E-state index < -0.39 is 0 Å². The van der Waals surface area contributed by atoms with Gasteiger partial charge in [-0.25, -0.2) is 4.79 Å². The van der Waals surface area contributed by atoms with Crippen LogP contribution in [-0.2, 0) is 0 Å². The van der Waals surface area contributed by atoms with Gasteiger partial charge in [0.15, 0.2) is 0 Å². The lowest BCUT2D eigenvalue weighted by molar-refractivity contribution is 0.199. The van der Waals surface area contributed by atoms with Gasteiger partial charge in [0, 0.05) is 19.2 Å². The number of nitrogens with one attached hydrogen (secondary N) is 2. The molecule has 4 nitrogen and oxygen atoms in total. The Bertz CT molecular complexity index is 259. The molecule has 2 amide bonds. The highest BCUT2D eigenvalue weighted by Crippen LogP contribution is 2.18. The minimum Gasteiger partial charge on any atom is -0.396 e. The largest absolute Gasteiger partial charge is 0.396 e. The number of carbonyl (C=O) groups is 1. The van der Waals surface area contributed by atoms with E-state index in [1.807, 2.05) is 0 Å². The maximum Gasteiger partial charge on any atom is 0.315 e. The van der Waals surface area contributed by atoms with Gasteiger partial charge >= 0.3 is 6.03 Å². The molecule has 1 rings (SSSR count). The second-order valence-corrected chi connectivity index (χ2v) is 6.51. The molecule has 19 heavy (non-hydrogen) atoms. The number of hydrogen-bond acceptors (Lipinski definition) is 2. The molecule has 0 aromatic heterocycles. The summed E-state index contributed by atoms with van der Waals surface area (Å²) in [5, 5.41) is 15.0. The topological polar surface area (TPSA) is 61.4 Å². The van der Waals surface area contributed by atoms with E-state index in [0.717, 1.165) is 12.8 Å². The van der Waals surface area contributed by atoms with Crippen LogP contribution in [0.25, 0.3) is 0 Å². The van der Waals surface area contributed by atoms with E-state index >= 15 is 0 Å². The smallest absolute Gasteiger partial charge is 0.315 e. The molecule has 1 saturated carbocycles. The van der Waals surface area contributed by atoms with E-state index in [9.17, 15) is 4.79 Å². The summed E-state index contributed by atoms with van der Waals surface area (Å²) in [5.74, 6) is 0. The lowest BCUT2D eigenvalue weighted by atomic mass is 9.90. The van der Waals surface area contributed by atoms with Crippen molar-refractivity contribution in [2.24, 2.45) is 5.41 Å². The van der Waals surface area contributed by atoms with Crippen molar-refractivity contribution in [3.05, 3.63) is 0 Å². The number of amides is 2. The molecule has 4 heteroatoms. The number of urea groups is 1. The van der Waals surface area contributed by atoms with Crippen LogP contribution in [0.1, 0.15) is 65.2 Å². The van der Waals surface area contributed by atoms with Crippen molar-refractivity contribution >= 4 is 6.03 Å². The average Bonchev–Trinajstić information content (AvgIpc) is 2.30. The molecule has 0 spiro atoms.